The molecule has 1 heterocycles. The first kappa shape index (κ1) is 11.9. The topological polar surface area (TPSA) is 64.9 Å². The van der Waals surface area contributed by atoms with Gasteiger partial charge >= 0.3 is 0 Å². The molecule has 0 saturated heterocycles. The number of anilines is 1. The summed E-state index contributed by atoms with van der Waals surface area (Å²) in [4.78, 5) is 0. The molecule has 0 bridgehead atoms. The smallest absolute Gasteiger partial charge is 0.242 e. The van der Waals surface area contributed by atoms with Crippen molar-refractivity contribution in [1.29, 1.82) is 0 Å². The second-order valence-electron chi connectivity index (χ2n) is 4.39. The van der Waals surface area contributed by atoms with Gasteiger partial charge in [0, 0.05) is 27.3 Å². The molecule has 1 aromatic heterocycles. The highest BCUT2D eigenvalue weighted by Crippen LogP contribution is 2.20. The van der Waals surface area contributed by atoms with E-state index in [2.05, 4.69) is 34.7 Å². The summed E-state index contributed by atoms with van der Waals surface area (Å²) in [6, 6.07) is 0. The van der Waals surface area contributed by atoms with E-state index in [0.29, 0.717) is 5.95 Å². The van der Waals surface area contributed by atoms with Gasteiger partial charge in [-0.1, -0.05) is 18.9 Å². The molecule has 1 aromatic rings. The fraction of sp³-hybridized carbons (Fsp3) is 0.889. The largest absolute Gasteiger partial charge is 0.385 e. The van der Waals surface area contributed by atoms with Crippen molar-refractivity contribution in [3.8, 4) is 0 Å². The molecule has 1 N–H and O–H groups in total. The lowest BCUT2D eigenvalue weighted by Gasteiger charge is -2.24. The molecule has 6 nitrogen and oxygen atoms in total. The van der Waals surface area contributed by atoms with Crippen molar-refractivity contribution < 1.29 is 4.74 Å². The first-order valence-corrected chi connectivity index (χ1v) is 5.00. The van der Waals surface area contributed by atoms with Gasteiger partial charge < -0.3 is 10.1 Å². The van der Waals surface area contributed by atoms with Crippen molar-refractivity contribution in [2.75, 3.05) is 25.6 Å². The fourth-order valence-corrected chi connectivity index (χ4v) is 1.16. The van der Waals surface area contributed by atoms with Crippen molar-refractivity contribution >= 4 is 5.95 Å². The molecule has 0 atom stereocenters. The molecule has 15 heavy (non-hydrogen) atoms. The molecule has 0 fully saturated rings. The summed E-state index contributed by atoms with van der Waals surface area (Å²) in [7, 11) is 3.53. The van der Waals surface area contributed by atoms with Crippen LogP contribution >= 0.6 is 0 Å². The molecule has 0 aromatic carbocycles. The number of rotatable bonds is 6. The molecule has 86 valence electrons. The third-order valence-corrected chi connectivity index (χ3v) is 2.33. The van der Waals surface area contributed by atoms with Crippen LogP contribution in [0, 0.1) is 5.41 Å². The molecular formula is C9H19N5O. The van der Waals surface area contributed by atoms with Gasteiger partial charge in [0.05, 0.1) is 0 Å². The van der Waals surface area contributed by atoms with Crippen LogP contribution in [0.4, 0.5) is 5.95 Å². The number of methoxy groups -OCH3 is 1. The van der Waals surface area contributed by atoms with Gasteiger partial charge in [-0.15, -0.1) is 0 Å². The van der Waals surface area contributed by atoms with Gasteiger partial charge in [-0.25, -0.2) is 4.68 Å². The normalized spacial score (nSPS) is 11.7. The molecule has 0 aliphatic carbocycles. The minimum atomic E-state index is 0.169. The fourth-order valence-electron chi connectivity index (χ4n) is 1.16. The predicted octanol–water partition coefficient (Wildman–Crippen LogP) is 0.685. The zero-order chi connectivity index (χ0) is 11.3. The lowest BCUT2D eigenvalue weighted by atomic mass is 9.90. The Bertz CT molecular complexity index is 296. The minimum absolute atomic E-state index is 0.169. The number of hydrogen-bond acceptors (Lipinski definition) is 5. The highest BCUT2D eigenvalue weighted by atomic mass is 16.5. The summed E-state index contributed by atoms with van der Waals surface area (Å²) in [5.74, 6) is 0.695. The quantitative estimate of drug-likeness (QED) is 0.753. The van der Waals surface area contributed by atoms with Crippen LogP contribution in [-0.4, -0.2) is 40.5 Å². The number of nitrogens with one attached hydrogen (secondary N) is 1. The monoisotopic (exact) mass is 213 g/mol. The van der Waals surface area contributed by atoms with E-state index in [9.17, 15) is 0 Å². The van der Waals surface area contributed by atoms with E-state index in [1.165, 1.54) is 0 Å². The van der Waals surface area contributed by atoms with E-state index in [4.69, 9.17) is 4.74 Å². The summed E-state index contributed by atoms with van der Waals surface area (Å²) in [5.41, 5.74) is 0.169. The maximum absolute atomic E-state index is 5.07. The van der Waals surface area contributed by atoms with Crippen LogP contribution < -0.4 is 5.32 Å². The molecule has 0 unspecified atom stereocenters. The van der Waals surface area contributed by atoms with Crippen LogP contribution in [-0.2, 0) is 11.8 Å². The van der Waals surface area contributed by atoms with Crippen molar-refractivity contribution in [2.24, 2.45) is 12.5 Å². The van der Waals surface area contributed by atoms with E-state index in [1.54, 1.807) is 11.8 Å². The summed E-state index contributed by atoms with van der Waals surface area (Å²) >= 11 is 0. The lowest BCUT2D eigenvalue weighted by molar-refractivity contribution is 0.157. The number of tetrazole rings is 1. The Hall–Kier alpha value is -1.17. The van der Waals surface area contributed by atoms with E-state index < -0.39 is 0 Å². The molecule has 0 spiro atoms. The molecule has 0 saturated carbocycles. The summed E-state index contributed by atoms with van der Waals surface area (Å²) < 4.78 is 6.68. The van der Waals surface area contributed by atoms with Crippen molar-refractivity contribution in [3.63, 3.8) is 0 Å². The Balaban J connectivity index is 2.39. The van der Waals surface area contributed by atoms with E-state index in [-0.39, 0.29) is 5.41 Å². The second-order valence-corrected chi connectivity index (χ2v) is 4.39. The molecule has 0 radical (unpaired) electrons. The van der Waals surface area contributed by atoms with Crippen molar-refractivity contribution in [2.45, 2.75) is 20.3 Å². The van der Waals surface area contributed by atoms with Gasteiger partial charge in [0.15, 0.2) is 0 Å². The Morgan fingerprint density at radius 1 is 1.47 bits per heavy atom. The summed E-state index contributed by atoms with van der Waals surface area (Å²) in [6.07, 6.45) is 1.00. The molecule has 1 rings (SSSR count). The van der Waals surface area contributed by atoms with Crippen LogP contribution in [0.2, 0.25) is 0 Å². The Kier molecular flexibility index (Phi) is 4.02. The Morgan fingerprint density at radius 2 is 2.20 bits per heavy atom. The lowest BCUT2D eigenvalue weighted by Crippen LogP contribution is -2.25. The van der Waals surface area contributed by atoms with Crippen LogP contribution in [0.25, 0.3) is 0 Å². The van der Waals surface area contributed by atoms with Crippen LogP contribution in [0.5, 0.6) is 0 Å². The molecule has 0 aliphatic rings. The number of aryl methyl sites for hydroxylation is 1. The number of hydrogen-bond donors (Lipinski definition) is 1. The van der Waals surface area contributed by atoms with Gasteiger partial charge in [0.25, 0.3) is 0 Å². The summed E-state index contributed by atoms with van der Waals surface area (Å²) in [5, 5.41) is 14.4. The average molecular weight is 213 g/mol. The first-order chi connectivity index (χ1) is 7.05. The van der Waals surface area contributed by atoms with Gasteiger partial charge in [-0.05, 0) is 22.3 Å². The van der Waals surface area contributed by atoms with Crippen molar-refractivity contribution in [3.05, 3.63) is 0 Å². The number of ether oxygens (including phenoxy) is 1. The Morgan fingerprint density at radius 3 is 2.73 bits per heavy atom. The highest BCUT2D eigenvalue weighted by Gasteiger charge is 2.18. The van der Waals surface area contributed by atoms with E-state index in [1.807, 2.05) is 7.05 Å². The summed E-state index contributed by atoms with van der Waals surface area (Å²) in [6.45, 7) is 5.96. The average Bonchev–Trinajstić information content (AvgIpc) is 2.58. The second kappa shape index (κ2) is 5.06. The first-order valence-electron chi connectivity index (χ1n) is 5.00. The maximum atomic E-state index is 5.07. The SMILES string of the molecule is COCCC(C)(C)CNc1nnnn1C. The third kappa shape index (κ3) is 3.83. The molecule has 0 aliphatic heterocycles. The number of aromatic nitrogens is 4. The number of nitrogens with zero attached hydrogens (tertiary/aromatic N) is 4. The Labute approximate surface area is 90.0 Å². The third-order valence-electron chi connectivity index (χ3n) is 2.33. The van der Waals surface area contributed by atoms with E-state index >= 15 is 0 Å². The van der Waals surface area contributed by atoms with Gasteiger partial charge in [0.1, 0.15) is 0 Å². The zero-order valence-electron chi connectivity index (χ0n) is 9.82. The van der Waals surface area contributed by atoms with Gasteiger partial charge in [-0.3, -0.25) is 0 Å². The maximum Gasteiger partial charge on any atom is 0.242 e. The molecular weight excluding hydrogens is 194 g/mol. The van der Waals surface area contributed by atoms with Crippen LogP contribution in [0.15, 0.2) is 0 Å². The van der Waals surface area contributed by atoms with Crippen LogP contribution in [0.3, 0.4) is 0 Å². The van der Waals surface area contributed by atoms with Crippen LogP contribution in [0.1, 0.15) is 20.3 Å². The highest BCUT2D eigenvalue weighted by molar-refractivity contribution is 5.21. The van der Waals surface area contributed by atoms with Gasteiger partial charge in [-0.2, -0.15) is 0 Å². The van der Waals surface area contributed by atoms with Gasteiger partial charge in [0.2, 0.25) is 5.95 Å². The predicted molar refractivity (Wildman–Crippen MR) is 57.6 cm³/mol. The van der Waals surface area contributed by atoms with E-state index in [0.717, 1.165) is 19.6 Å². The van der Waals surface area contributed by atoms with Crippen molar-refractivity contribution in [1.82, 2.24) is 20.2 Å². The minimum Gasteiger partial charge on any atom is -0.385 e. The molecule has 6 heteroatoms. The zero-order valence-corrected chi connectivity index (χ0v) is 9.82. The standard InChI is InChI=1S/C9H19N5O/c1-9(2,5-6-15-4)7-10-8-11-12-13-14(8)3/h5-7H2,1-4H3,(H,10,11,13). The molecule has 0 amide bonds.